The molecule has 2 N–H and O–H groups in total. The first-order valence-corrected chi connectivity index (χ1v) is 9.69. The number of hydrogen-bond donors (Lipinski definition) is 2. The van der Waals surface area contributed by atoms with Gasteiger partial charge in [-0.1, -0.05) is 30.3 Å². The summed E-state index contributed by atoms with van der Waals surface area (Å²) in [4.78, 5) is 25.6. The van der Waals surface area contributed by atoms with E-state index >= 15 is 0 Å². The third kappa shape index (κ3) is 3.99. The van der Waals surface area contributed by atoms with E-state index in [9.17, 15) is 9.59 Å². The molecule has 6 nitrogen and oxygen atoms in total. The summed E-state index contributed by atoms with van der Waals surface area (Å²) in [7, 11) is 0. The average molecular weight is 394 g/mol. The van der Waals surface area contributed by atoms with Gasteiger partial charge in [0.2, 0.25) is 0 Å². The van der Waals surface area contributed by atoms with Gasteiger partial charge in [-0.25, -0.2) is 0 Å². The predicted octanol–water partition coefficient (Wildman–Crippen LogP) is 3.57. The van der Waals surface area contributed by atoms with E-state index in [1.54, 1.807) is 30.3 Å². The van der Waals surface area contributed by atoms with Crippen molar-refractivity contribution in [3.63, 3.8) is 0 Å². The predicted molar refractivity (Wildman–Crippen MR) is 107 cm³/mol. The van der Waals surface area contributed by atoms with E-state index in [-0.39, 0.29) is 17.9 Å². The topological polar surface area (TPSA) is 76.7 Å². The highest BCUT2D eigenvalue weighted by atomic mass is 32.1. The Morgan fingerprint density at radius 1 is 0.964 bits per heavy atom. The minimum Gasteiger partial charge on any atom is -0.486 e. The maximum Gasteiger partial charge on any atom is 0.265 e. The number of benzene rings is 2. The van der Waals surface area contributed by atoms with E-state index < -0.39 is 0 Å². The van der Waals surface area contributed by atoms with Gasteiger partial charge in [-0.3, -0.25) is 9.59 Å². The molecule has 0 radical (unpaired) electrons. The third-order valence-corrected chi connectivity index (χ3v) is 5.09. The van der Waals surface area contributed by atoms with Gasteiger partial charge in [-0.15, -0.1) is 11.3 Å². The second-order valence-electron chi connectivity index (χ2n) is 6.18. The maximum absolute atomic E-state index is 12.7. The zero-order valence-electron chi connectivity index (χ0n) is 14.9. The molecule has 0 aliphatic carbocycles. The summed E-state index contributed by atoms with van der Waals surface area (Å²) in [6, 6.07) is 17.9. The van der Waals surface area contributed by atoms with Crippen LogP contribution in [-0.2, 0) is 0 Å². The van der Waals surface area contributed by atoms with Crippen LogP contribution in [0.2, 0.25) is 0 Å². The van der Waals surface area contributed by atoms with Gasteiger partial charge in [0.1, 0.15) is 12.7 Å². The zero-order chi connectivity index (χ0) is 19.3. The van der Waals surface area contributed by atoms with E-state index in [1.807, 2.05) is 35.7 Å². The monoisotopic (exact) mass is 394 g/mol. The van der Waals surface area contributed by atoms with Gasteiger partial charge < -0.3 is 20.1 Å². The van der Waals surface area contributed by atoms with Crippen molar-refractivity contribution in [2.24, 2.45) is 0 Å². The van der Waals surface area contributed by atoms with Gasteiger partial charge in [0.15, 0.2) is 11.5 Å². The van der Waals surface area contributed by atoms with Crippen molar-refractivity contribution < 1.29 is 19.1 Å². The Balaban J connectivity index is 1.39. The van der Waals surface area contributed by atoms with Gasteiger partial charge in [0.25, 0.3) is 11.8 Å². The van der Waals surface area contributed by atoms with E-state index in [4.69, 9.17) is 9.47 Å². The molecule has 3 aromatic rings. The molecule has 2 heterocycles. The summed E-state index contributed by atoms with van der Waals surface area (Å²) in [6.07, 6.45) is -0.285. The number of amides is 2. The number of ether oxygens (including phenoxy) is 2. The van der Waals surface area contributed by atoms with Gasteiger partial charge >= 0.3 is 0 Å². The molecular formula is C21H18N2O4S. The molecule has 1 aliphatic rings. The number of fused-ring (bicyclic) bond motifs is 1. The molecule has 0 bridgehead atoms. The van der Waals surface area contributed by atoms with Crippen molar-refractivity contribution in [1.29, 1.82) is 0 Å². The van der Waals surface area contributed by atoms with Gasteiger partial charge in [0.05, 0.1) is 22.7 Å². The van der Waals surface area contributed by atoms with Crippen LogP contribution in [0.15, 0.2) is 66.0 Å². The van der Waals surface area contributed by atoms with Crippen molar-refractivity contribution in [2.45, 2.75) is 6.10 Å². The Morgan fingerprint density at radius 2 is 1.75 bits per heavy atom. The Bertz CT molecular complexity index is 988. The Labute approximate surface area is 166 Å². The van der Waals surface area contributed by atoms with Crippen LogP contribution in [0.3, 0.4) is 0 Å². The smallest absolute Gasteiger partial charge is 0.265 e. The van der Waals surface area contributed by atoms with Gasteiger partial charge in [-0.05, 0) is 35.7 Å². The van der Waals surface area contributed by atoms with Crippen molar-refractivity contribution in [1.82, 2.24) is 5.32 Å². The van der Waals surface area contributed by atoms with Crippen LogP contribution in [0.4, 0.5) is 5.69 Å². The minimum atomic E-state index is -0.287. The average Bonchev–Trinajstić information content (AvgIpc) is 3.27. The number of carbonyl (C=O) groups is 2. The first-order valence-electron chi connectivity index (χ1n) is 8.81. The molecule has 7 heteroatoms. The summed E-state index contributed by atoms with van der Waals surface area (Å²) in [6.45, 7) is 0.647. The number of nitrogens with one attached hydrogen (secondary N) is 2. The molecule has 1 aromatic heterocycles. The number of para-hydroxylation sites is 3. The summed E-state index contributed by atoms with van der Waals surface area (Å²) in [5, 5.41) is 7.49. The third-order valence-electron chi connectivity index (χ3n) is 4.22. The van der Waals surface area contributed by atoms with E-state index in [0.29, 0.717) is 40.8 Å². The quantitative estimate of drug-likeness (QED) is 0.694. The summed E-state index contributed by atoms with van der Waals surface area (Å²) in [5.41, 5.74) is 0.856. The fourth-order valence-corrected chi connectivity index (χ4v) is 3.47. The van der Waals surface area contributed by atoms with Crippen molar-refractivity contribution in [3.8, 4) is 11.5 Å². The second kappa shape index (κ2) is 8.14. The lowest BCUT2D eigenvalue weighted by Gasteiger charge is -2.26. The van der Waals surface area contributed by atoms with Crippen LogP contribution in [-0.4, -0.2) is 31.1 Å². The Hall–Kier alpha value is -3.32. The van der Waals surface area contributed by atoms with Crippen LogP contribution in [0.5, 0.6) is 11.5 Å². The lowest BCUT2D eigenvalue weighted by atomic mass is 10.1. The molecule has 142 valence electrons. The van der Waals surface area contributed by atoms with E-state index in [2.05, 4.69) is 10.6 Å². The molecule has 0 saturated carbocycles. The number of anilines is 1. The van der Waals surface area contributed by atoms with Crippen LogP contribution in [0.1, 0.15) is 20.0 Å². The molecule has 1 aliphatic heterocycles. The first kappa shape index (κ1) is 18.1. The number of carbonyl (C=O) groups excluding carboxylic acids is 2. The van der Waals surface area contributed by atoms with Crippen molar-refractivity contribution in [2.75, 3.05) is 18.5 Å². The van der Waals surface area contributed by atoms with Gasteiger partial charge in [0, 0.05) is 0 Å². The summed E-state index contributed by atoms with van der Waals surface area (Å²) < 4.78 is 11.5. The van der Waals surface area contributed by atoms with E-state index in [1.165, 1.54) is 11.3 Å². The fourth-order valence-electron chi connectivity index (χ4n) is 2.85. The fraction of sp³-hybridized carbons (Fsp3) is 0.143. The molecular weight excluding hydrogens is 376 g/mol. The molecule has 1 unspecified atom stereocenters. The molecule has 2 amide bonds. The van der Waals surface area contributed by atoms with Crippen LogP contribution >= 0.6 is 11.3 Å². The molecule has 28 heavy (non-hydrogen) atoms. The highest BCUT2D eigenvalue weighted by Gasteiger charge is 2.22. The summed E-state index contributed by atoms with van der Waals surface area (Å²) in [5.74, 6) is 0.837. The summed E-state index contributed by atoms with van der Waals surface area (Å²) >= 11 is 1.34. The first-order chi connectivity index (χ1) is 13.7. The van der Waals surface area contributed by atoms with Crippen molar-refractivity contribution >= 4 is 28.8 Å². The Morgan fingerprint density at radius 3 is 2.57 bits per heavy atom. The van der Waals surface area contributed by atoms with Crippen LogP contribution in [0.25, 0.3) is 0 Å². The number of thiophene rings is 1. The normalized spacial score (nSPS) is 14.9. The van der Waals surface area contributed by atoms with Crippen LogP contribution in [0, 0.1) is 0 Å². The molecule has 1 atom stereocenters. The molecule has 2 aromatic carbocycles. The van der Waals surface area contributed by atoms with E-state index in [0.717, 1.165) is 0 Å². The zero-order valence-corrected chi connectivity index (χ0v) is 15.7. The number of rotatable bonds is 5. The van der Waals surface area contributed by atoms with Crippen LogP contribution < -0.4 is 20.1 Å². The lowest BCUT2D eigenvalue weighted by Crippen LogP contribution is -2.40. The minimum absolute atomic E-state index is 0.240. The highest BCUT2D eigenvalue weighted by molar-refractivity contribution is 7.12. The molecule has 0 fully saturated rings. The number of hydrogen-bond acceptors (Lipinski definition) is 5. The molecule has 4 rings (SSSR count). The standard InChI is InChI=1S/C21H18N2O4S/c24-20(22-12-14-13-26-17-8-3-4-9-18(17)27-14)15-6-1-2-7-16(15)23-21(25)19-10-5-11-28-19/h1-11,14H,12-13H2,(H,22,24)(H,23,25). The SMILES string of the molecule is O=C(Nc1ccccc1C(=O)NCC1COc2ccccc2O1)c1cccs1. The molecule has 0 spiro atoms. The lowest BCUT2D eigenvalue weighted by molar-refractivity contribution is 0.0789. The van der Waals surface area contributed by atoms with Gasteiger partial charge in [-0.2, -0.15) is 0 Å². The Kier molecular flexibility index (Phi) is 5.25. The molecule has 0 saturated heterocycles. The highest BCUT2D eigenvalue weighted by Crippen LogP contribution is 2.30. The maximum atomic E-state index is 12.7. The van der Waals surface area contributed by atoms with Crippen molar-refractivity contribution in [3.05, 3.63) is 76.5 Å². The second-order valence-corrected chi connectivity index (χ2v) is 7.13. The largest absolute Gasteiger partial charge is 0.486 e.